The van der Waals surface area contributed by atoms with Gasteiger partial charge in [-0.1, -0.05) is 218 Å². The van der Waals surface area contributed by atoms with Gasteiger partial charge in [0.1, 0.15) is 13.2 Å². The van der Waals surface area contributed by atoms with Crippen molar-refractivity contribution in [2.45, 2.75) is 284 Å². The highest BCUT2D eigenvalue weighted by Gasteiger charge is 2.19. The SMILES string of the molecule is CCCCCC/C=C\C/C=C\CCCCCCCCCC(=O)OCC(COC(=O)CCCCCCCCCC)OC(=O)CCCCCCCCC/C=C\CCCCCCCC. The maximum Gasteiger partial charge on any atom is 0.306 e. The van der Waals surface area contributed by atoms with Gasteiger partial charge in [0.2, 0.25) is 0 Å². The summed E-state index contributed by atoms with van der Waals surface area (Å²) in [7, 11) is 0. The molecule has 1 atom stereocenters. The Kier molecular flexibility index (Phi) is 48.3. The van der Waals surface area contributed by atoms with Gasteiger partial charge in [-0.15, -0.1) is 0 Å². The number of unbranched alkanes of at least 4 members (excludes halogenated alkanes) is 31. The number of rotatable bonds is 48. The fraction of sp³-hybridized carbons (Fsp3) is 0.836. The standard InChI is InChI=1S/C55H100O6/c1-4-7-10-13-16-19-21-23-25-27-29-30-32-34-36-39-42-45-48-54(57)60-51-52(50-59-53(56)47-44-41-38-18-15-12-9-6-3)61-55(58)49-46-43-40-37-35-33-31-28-26-24-22-20-17-14-11-8-5-2/h19,21,24-27,52H,4-18,20,22-23,28-51H2,1-3H3/b21-19-,26-24-,27-25-. The van der Waals surface area contributed by atoms with E-state index in [0.29, 0.717) is 19.3 Å². The smallest absolute Gasteiger partial charge is 0.306 e. The molecule has 0 aliphatic heterocycles. The summed E-state index contributed by atoms with van der Waals surface area (Å²) in [5, 5.41) is 0. The van der Waals surface area contributed by atoms with Gasteiger partial charge in [0.15, 0.2) is 6.10 Å². The van der Waals surface area contributed by atoms with E-state index in [9.17, 15) is 14.4 Å². The van der Waals surface area contributed by atoms with Crippen LogP contribution in [0.2, 0.25) is 0 Å². The second-order valence-electron chi connectivity index (χ2n) is 17.8. The first-order chi connectivity index (χ1) is 30.0. The Morgan fingerprint density at radius 2 is 0.590 bits per heavy atom. The van der Waals surface area contributed by atoms with Crippen LogP contribution in [0, 0.1) is 0 Å². The van der Waals surface area contributed by atoms with Gasteiger partial charge in [0.25, 0.3) is 0 Å². The Balaban J connectivity index is 4.28. The minimum absolute atomic E-state index is 0.0743. The van der Waals surface area contributed by atoms with Crippen LogP contribution in [0.4, 0.5) is 0 Å². The van der Waals surface area contributed by atoms with Crippen molar-refractivity contribution in [2.24, 2.45) is 0 Å². The summed E-state index contributed by atoms with van der Waals surface area (Å²) >= 11 is 0. The van der Waals surface area contributed by atoms with E-state index in [-0.39, 0.29) is 31.1 Å². The zero-order chi connectivity index (χ0) is 44.4. The maximum absolute atomic E-state index is 12.8. The van der Waals surface area contributed by atoms with E-state index in [1.54, 1.807) is 0 Å². The molecule has 0 saturated heterocycles. The van der Waals surface area contributed by atoms with Crippen molar-refractivity contribution >= 4 is 17.9 Å². The Labute approximate surface area is 378 Å². The minimum Gasteiger partial charge on any atom is -0.462 e. The molecule has 0 saturated carbocycles. The second-order valence-corrected chi connectivity index (χ2v) is 17.8. The Bertz CT molecular complexity index is 1030. The Morgan fingerprint density at radius 1 is 0.328 bits per heavy atom. The molecule has 0 spiro atoms. The lowest BCUT2D eigenvalue weighted by Gasteiger charge is -2.18. The molecule has 0 bridgehead atoms. The zero-order valence-electron chi connectivity index (χ0n) is 40.7. The molecule has 0 aromatic heterocycles. The molecule has 0 aromatic rings. The van der Waals surface area contributed by atoms with E-state index in [1.807, 2.05) is 0 Å². The lowest BCUT2D eigenvalue weighted by molar-refractivity contribution is -0.167. The van der Waals surface area contributed by atoms with E-state index < -0.39 is 6.10 Å². The lowest BCUT2D eigenvalue weighted by Crippen LogP contribution is -2.30. The highest BCUT2D eigenvalue weighted by molar-refractivity contribution is 5.71. The molecule has 0 fully saturated rings. The van der Waals surface area contributed by atoms with Crippen molar-refractivity contribution in [1.82, 2.24) is 0 Å². The molecule has 1 unspecified atom stereocenters. The molecule has 0 heterocycles. The predicted octanol–water partition coefficient (Wildman–Crippen LogP) is 17.3. The Morgan fingerprint density at radius 3 is 0.934 bits per heavy atom. The highest BCUT2D eigenvalue weighted by atomic mass is 16.6. The molecule has 6 nitrogen and oxygen atoms in total. The minimum atomic E-state index is -0.773. The molecule has 0 aromatic carbocycles. The molecule has 356 valence electrons. The van der Waals surface area contributed by atoms with Crippen LogP contribution in [0.1, 0.15) is 278 Å². The second kappa shape index (κ2) is 50.3. The summed E-state index contributed by atoms with van der Waals surface area (Å²) in [4.78, 5) is 37.9. The molecule has 6 heteroatoms. The first kappa shape index (κ1) is 58.6. The zero-order valence-corrected chi connectivity index (χ0v) is 40.7. The van der Waals surface area contributed by atoms with Gasteiger partial charge >= 0.3 is 17.9 Å². The van der Waals surface area contributed by atoms with Crippen LogP contribution in [-0.4, -0.2) is 37.2 Å². The van der Waals surface area contributed by atoms with Gasteiger partial charge in [-0.2, -0.15) is 0 Å². The monoisotopic (exact) mass is 857 g/mol. The Hall–Kier alpha value is -2.37. The van der Waals surface area contributed by atoms with Gasteiger partial charge in [-0.25, -0.2) is 0 Å². The summed E-state index contributed by atoms with van der Waals surface area (Å²) in [6.07, 6.45) is 58.5. The molecule has 0 aliphatic carbocycles. The lowest BCUT2D eigenvalue weighted by atomic mass is 10.1. The normalized spacial score (nSPS) is 12.2. The number of allylic oxidation sites excluding steroid dienone is 6. The topological polar surface area (TPSA) is 78.9 Å². The summed E-state index contributed by atoms with van der Waals surface area (Å²) in [5.41, 5.74) is 0. The van der Waals surface area contributed by atoms with E-state index in [0.717, 1.165) is 70.6 Å². The molecular weight excluding hydrogens is 757 g/mol. The first-order valence-corrected chi connectivity index (χ1v) is 26.5. The number of hydrogen-bond donors (Lipinski definition) is 0. The molecule has 0 aliphatic rings. The van der Waals surface area contributed by atoms with Gasteiger partial charge < -0.3 is 14.2 Å². The summed E-state index contributed by atoms with van der Waals surface area (Å²) in [5.74, 6) is -0.881. The summed E-state index contributed by atoms with van der Waals surface area (Å²) < 4.78 is 16.8. The van der Waals surface area contributed by atoms with E-state index >= 15 is 0 Å². The third-order valence-electron chi connectivity index (χ3n) is 11.6. The molecule has 0 radical (unpaired) electrons. The number of carbonyl (C=O) groups is 3. The van der Waals surface area contributed by atoms with E-state index in [4.69, 9.17) is 14.2 Å². The van der Waals surface area contributed by atoms with Crippen LogP contribution < -0.4 is 0 Å². The van der Waals surface area contributed by atoms with Crippen molar-refractivity contribution < 1.29 is 28.6 Å². The van der Waals surface area contributed by atoms with Crippen molar-refractivity contribution in [1.29, 1.82) is 0 Å². The van der Waals surface area contributed by atoms with Gasteiger partial charge in [-0.3, -0.25) is 14.4 Å². The fourth-order valence-electron chi connectivity index (χ4n) is 7.59. The van der Waals surface area contributed by atoms with Crippen LogP contribution in [0.3, 0.4) is 0 Å². The van der Waals surface area contributed by atoms with Crippen LogP contribution >= 0.6 is 0 Å². The molecule has 61 heavy (non-hydrogen) atoms. The summed E-state index contributed by atoms with van der Waals surface area (Å²) in [6, 6.07) is 0. The predicted molar refractivity (Wildman–Crippen MR) is 261 cm³/mol. The third-order valence-corrected chi connectivity index (χ3v) is 11.6. The van der Waals surface area contributed by atoms with E-state index in [1.165, 1.54) is 167 Å². The number of ether oxygens (including phenoxy) is 3. The third kappa shape index (κ3) is 48.5. The maximum atomic E-state index is 12.8. The number of esters is 3. The number of carbonyl (C=O) groups excluding carboxylic acids is 3. The highest BCUT2D eigenvalue weighted by Crippen LogP contribution is 2.15. The molecule has 0 N–H and O–H groups in total. The van der Waals surface area contributed by atoms with Crippen LogP contribution in [0.25, 0.3) is 0 Å². The van der Waals surface area contributed by atoms with Crippen molar-refractivity contribution in [3.63, 3.8) is 0 Å². The first-order valence-electron chi connectivity index (χ1n) is 26.5. The van der Waals surface area contributed by atoms with Crippen LogP contribution in [0.15, 0.2) is 36.5 Å². The van der Waals surface area contributed by atoms with E-state index in [2.05, 4.69) is 57.2 Å². The van der Waals surface area contributed by atoms with Gasteiger partial charge in [0.05, 0.1) is 0 Å². The quantitative estimate of drug-likeness (QED) is 0.0262. The van der Waals surface area contributed by atoms with Crippen molar-refractivity contribution in [3.8, 4) is 0 Å². The molecule has 0 amide bonds. The fourth-order valence-corrected chi connectivity index (χ4v) is 7.59. The van der Waals surface area contributed by atoms with Gasteiger partial charge in [0, 0.05) is 19.3 Å². The summed E-state index contributed by atoms with van der Waals surface area (Å²) in [6.45, 7) is 6.60. The number of hydrogen-bond acceptors (Lipinski definition) is 6. The molecular formula is C55H100O6. The van der Waals surface area contributed by atoms with Crippen LogP contribution in [0.5, 0.6) is 0 Å². The van der Waals surface area contributed by atoms with Gasteiger partial charge in [-0.05, 0) is 77.0 Å². The molecule has 0 rings (SSSR count). The van der Waals surface area contributed by atoms with Crippen molar-refractivity contribution in [3.05, 3.63) is 36.5 Å². The van der Waals surface area contributed by atoms with Crippen LogP contribution in [-0.2, 0) is 28.6 Å². The average Bonchev–Trinajstić information content (AvgIpc) is 3.26. The average molecular weight is 857 g/mol. The largest absolute Gasteiger partial charge is 0.462 e. The van der Waals surface area contributed by atoms with Crippen molar-refractivity contribution in [2.75, 3.05) is 13.2 Å².